The molecule has 1 unspecified atom stereocenters. The van der Waals surface area contributed by atoms with E-state index in [0.717, 1.165) is 19.8 Å². The van der Waals surface area contributed by atoms with E-state index < -0.39 is 0 Å². The van der Waals surface area contributed by atoms with E-state index in [2.05, 4.69) is 15.9 Å². The third kappa shape index (κ3) is 3.47. The molecule has 0 aliphatic carbocycles. The lowest BCUT2D eigenvalue weighted by Gasteiger charge is -2.28. The summed E-state index contributed by atoms with van der Waals surface area (Å²) < 4.78 is 0.993. The summed E-state index contributed by atoms with van der Waals surface area (Å²) in [6.45, 7) is 6.54. The number of phenols is 1. The molecule has 3 nitrogen and oxygen atoms in total. The topological polar surface area (TPSA) is 40.5 Å². The zero-order valence-electron chi connectivity index (χ0n) is 12.3. The van der Waals surface area contributed by atoms with E-state index >= 15 is 0 Å². The molecule has 21 heavy (non-hydrogen) atoms. The van der Waals surface area contributed by atoms with Gasteiger partial charge in [-0.2, -0.15) is 0 Å². The minimum atomic E-state index is -0.0872. The van der Waals surface area contributed by atoms with Crippen LogP contribution in [0.3, 0.4) is 0 Å². The van der Waals surface area contributed by atoms with Crippen molar-refractivity contribution in [2.75, 3.05) is 6.54 Å². The van der Waals surface area contributed by atoms with Crippen LogP contribution >= 0.6 is 27.3 Å². The monoisotopic (exact) mass is 367 g/mol. The van der Waals surface area contributed by atoms with Gasteiger partial charge in [0, 0.05) is 6.54 Å². The Morgan fingerprint density at radius 2 is 2.14 bits per heavy atom. The van der Waals surface area contributed by atoms with Gasteiger partial charge in [0.1, 0.15) is 5.75 Å². The van der Waals surface area contributed by atoms with Crippen molar-refractivity contribution in [3.05, 3.63) is 50.1 Å². The summed E-state index contributed by atoms with van der Waals surface area (Å²) in [7, 11) is 0. The van der Waals surface area contributed by atoms with Crippen molar-refractivity contribution in [2.24, 2.45) is 0 Å². The molecule has 2 rings (SSSR count). The summed E-state index contributed by atoms with van der Waals surface area (Å²) in [5.41, 5.74) is 2.00. The number of carbonyl (C=O) groups is 1. The van der Waals surface area contributed by atoms with Gasteiger partial charge < -0.3 is 10.0 Å². The van der Waals surface area contributed by atoms with Crippen molar-refractivity contribution in [1.82, 2.24) is 4.90 Å². The molecule has 112 valence electrons. The number of aryl methyl sites for hydroxylation is 1. The number of aromatic hydroxyl groups is 1. The van der Waals surface area contributed by atoms with E-state index in [-0.39, 0.29) is 17.7 Å². The molecule has 1 amide bonds. The van der Waals surface area contributed by atoms with Crippen LogP contribution in [0.15, 0.2) is 34.1 Å². The Labute approximate surface area is 137 Å². The number of halogens is 1. The maximum atomic E-state index is 12.7. The van der Waals surface area contributed by atoms with Gasteiger partial charge in [0.25, 0.3) is 5.91 Å². The molecule has 0 bridgehead atoms. The predicted octanol–water partition coefficient (Wildman–Crippen LogP) is 4.75. The van der Waals surface area contributed by atoms with Crippen LogP contribution in [0.25, 0.3) is 0 Å². The Bertz CT molecular complexity index is 634. The number of benzene rings is 1. The van der Waals surface area contributed by atoms with Gasteiger partial charge in [-0.05, 0) is 66.0 Å². The number of carbonyl (C=O) groups excluding carboxylic acids is 1. The molecule has 5 heteroatoms. The van der Waals surface area contributed by atoms with Crippen LogP contribution in [0.1, 0.15) is 40.7 Å². The van der Waals surface area contributed by atoms with Gasteiger partial charge >= 0.3 is 0 Å². The van der Waals surface area contributed by atoms with E-state index in [4.69, 9.17) is 0 Å². The van der Waals surface area contributed by atoms with Crippen LogP contribution in [0.4, 0.5) is 0 Å². The predicted molar refractivity (Wildman–Crippen MR) is 90.0 cm³/mol. The molecule has 0 fully saturated rings. The minimum absolute atomic E-state index is 0.0205. The summed E-state index contributed by atoms with van der Waals surface area (Å²) in [5, 5.41) is 9.60. The zero-order valence-corrected chi connectivity index (χ0v) is 14.7. The summed E-state index contributed by atoms with van der Waals surface area (Å²) in [4.78, 5) is 15.2. The summed E-state index contributed by atoms with van der Waals surface area (Å²) in [6.07, 6.45) is 0. The number of hydrogen-bond acceptors (Lipinski definition) is 3. The average molecular weight is 368 g/mol. The van der Waals surface area contributed by atoms with Crippen LogP contribution in [-0.4, -0.2) is 22.5 Å². The SMILES string of the molecule is CCN(C(=O)c1cc(C)c(Br)s1)C(C)c1cccc(O)c1. The highest BCUT2D eigenvalue weighted by Crippen LogP contribution is 2.31. The third-order valence-corrected chi connectivity index (χ3v) is 5.61. The average Bonchev–Trinajstić information content (AvgIpc) is 2.79. The maximum Gasteiger partial charge on any atom is 0.264 e. The fourth-order valence-corrected chi connectivity index (χ4v) is 3.76. The second kappa shape index (κ2) is 6.62. The standard InChI is InChI=1S/C16H18BrNO2S/c1-4-18(11(3)12-6-5-7-13(19)9-12)16(20)14-8-10(2)15(17)21-14/h5-9,11,19H,4H2,1-3H3. The summed E-state index contributed by atoms with van der Waals surface area (Å²) in [5.74, 6) is 0.240. The van der Waals surface area contributed by atoms with Gasteiger partial charge in [0.2, 0.25) is 0 Å². The lowest BCUT2D eigenvalue weighted by Crippen LogP contribution is -2.32. The van der Waals surface area contributed by atoms with Gasteiger partial charge in [-0.25, -0.2) is 0 Å². The number of rotatable bonds is 4. The van der Waals surface area contributed by atoms with Crippen molar-refractivity contribution in [3.8, 4) is 5.75 Å². The Morgan fingerprint density at radius 3 is 2.67 bits per heavy atom. The number of nitrogens with zero attached hydrogens (tertiary/aromatic N) is 1. The molecule has 0 aliphatic rings. The second-order valence-electron chi connectivity index (χ2n) is 4.93. The first-order chi connectivity index (χ1) is 9.93. The fraction of sp³-hybridized carbons (Fsp3) is 0.312. The van der Waals surface area contributed by atoms with Crippen molar-refractivity contribution in [3.63, 3.8) is 0 Å². The van der Waals surface area contributed by atoms with E-state index in [1.54, 1.807) is 18.2 Å². The minimum Gasteiger partial charge on any atom is -0.508 e. The number of amides is 1. The molecule has 0 saturated heterocycles. The Kier molecular flexibility index (Phi) is 5.06. The molecule has 0 saturated carbocycles. The molecule has 1 atom stereocenters. The molecular weight excluding hydrogens is 350 g/mol. The molecule has 0 aliphatic heterocycles. The summed E-state index contributed by atoms with van der Waals surface area (Å²) >= 11 is 4.92. The molecule has 1 aromatic carbocycles. The highest BCUT2D eigenvalue weighted by Gasteiger charge is 2.23. The number of phenolic OH excluding ortho intramolecular Hbond substituents is 1. The van der Waals surface area contributed by atoms with E-state index in [1.807, 2.05) is 37.8 Å². The fourth-order valence-electron chi connectivity index (χ4n) is 2.26. The normalized spacial score (nSPS) is 12.2. The third-order valence-electron chi connectivity index (χ3n) is 3.49. The zero-order chi connectivity index (χ0) is 15.6. The van der Waals surface area contributed by atoms with Gasteiger partial charge in [0.15, 0.2) is 0 Å². The summed E-state index contributed by atoms with van der Waals surface area (Å²) in [6, 6.07) is 8.89. The Hall–Kier alpha value is -1.33. The highest BCUT2D eigenvalue weighted by atomic mass is 79.9. The maximum absolute atomic E-state index is 12.7. The van der Waals surface area contributed by atoms with Crippen molar-refractivity contribution in [1.29, 1.82) is 0 Å². The van der Waals surface area contributed by atoms with Crippen LogP contribution < -0.4 is 0 Å². The molecule has 2 aromatic rings. The quantitative estimate of drug-likeness (QED) is 0.846. The van der Waals surface area contributed by atoms with Gasteiger partial charge in [-0.15, -0.1) is 11.3 Å². The molecule has 1 aromatic heterocycles. The van der Waals surface area contributed by atoms with Crippen LogP contribution in [0.5, 0.6) is 5.75 Å². The molecule has 0 radical (unpaired) electrons. The van der Waals surface area contributed by atoms with Gasteiger partial charge in [-0.1, -0.05) is 12.1 Å². The van der Waals surface area contributed by atoms with Crippen molar-refractivity contribution >= 4 is 33.2 Å². The van der Waals surface area contributed by atoms with Gasteiger partial charge in [0.05, 0.1) is 14.7 Å². The van der Waals surface area contributed by atoms with E-state index in [0.29, 0.717) is 6.54 Å². The second-order valence-corrected chi connectivity index (χ2v) is 7.30. The number of thiophene rings is 1. The lowest BCUT2D eigenvalue weighted by molar-refractivity contribution is 0.0707. The van der Waals surface area contributed by atoms with E-state index in [1.165, 1.54) is 11.3 Å². The largest absolute Gasteiger partial charge is 0.508 e. The molecular formula is C16H18BrNO2S. The van der Waals surface area contributed by atoms with Crippen LogP contribution in [0.2, 0.25) is 0 Å². The molecule has 1 heterocycles. The first-order valence-corrected chi connectivity index (χ1v) is 8.40. The number of hydrogen-bond donors (Lipinski definition) is 1. The Balaban J connectivity index is 2.28. The highest BCUT2D eigenvalue weighted by molar-refractivity contribution is 9.11. The first-order valence-electron chi connectivity index (χ1n) is 6.79. The lowest BCUT2D eigenvalue weighted by atomic mass is 10.1. The first kappa shape index (κ1) is 16.0. The molecule has 1 N–H and O–H groups in total. The van der Waals surface area contributed by atoms with Crippen LogP contribution in [-0.2, 0) is 0 Å². The van der Waals surface area contributed by atoms with Crippen molar-refractivity contribution in [2.45, 2.75) is 26.8 Å². The smallest absolute Gasteiger partial charge is 0.264 e. The Morgan fingerprint density at radius 1 is 1.43 bits per heavy atom. The molecule has 0 spiro atoms. The van der Waals surface area contributed by atoms with E-state index in [9.17, 15) is 9.90 Å². The van der Waals surface area contributed by atoms with Gasteiger partial charge in [-0.3, -0.25) is 4.79 Å². The van der Waals surface area contributed by atoms with Crippen molar-refractivity contribution < 1.29 is 9.90 Å². The van der Waals surface area contributed by atoms with Crippen LogP contribution in [0, 0.1) is 6.92 Å².